The molecule has 2 aliphatic heterocycles. The quantitative estimate of drug-likeness (QED) is 0.817. The van der Waals surface area contributed by atoms with E-state index in [4.69, 9.17) is 0 Å². The van der Waals surface area contributed by atoms with Gasteiger partial charge in [0.05, 0.1) is 0 Å². The lowest BCUT2D eigenvalue weighted by molar-refractivity contribution is -0.116. The van der Waals surface area contributed by atoms with Gasteiger partial charge in [-0.05, 0) is 62.0 Å². The molecule has 0 spiro atoms. The smallest absolute Gasteiger partial charge is 0.223 e. The van der Waals surface area contributed by atoms with Crippen molar-refractivity contribution >= 4 is 11.6 Å². The summed E-state index contributed by atoms with van der Waals surface area (Å²) in [6, 6.07) is 19.4. The summed E-state index contributed by atoms with van der Waals surface area (Å²) >= 11 is 0. The zero-order valence-corrected chi connectivity index (χ0v) is 15.6. The number of fused-ring (bicyclic) bond motifs is 1. The van der Waals surface area contributed by atoms with Crippen LogP contribution in [0.1, 0.15) is 49.1 Å². The van der Waals surface area contributed by atoms with Gasteiger partial charge in [-0.15, -0.1) is 0 Å². The summed E-state index contributed by atoms with van der Waals surface area (Å²) in [5.41, 5.74) is 3.96. The molecule has 0 saturated carbocycles. The number of hydrogen-bond donors (Lipinski definition) is 0. The van der Waals surface area contributed by atoms with Gasteiger partial charge in [-0.25, -0.2) is 0 Å². The number of amides is 1. The van der Waals surface area contributed by atoms with Crippen LogP contribution in [0.3, 0.4) is 0 Å². The van der Waals surface area contributed by atoms with Gasteiger partial charge in [0, 0.05) is 25.1 Å². The van der Waals surface area contributed by atoms with Crippen molar-refractivity contribution in [3.63, 3.8) is 0 Å². The molecule has 1 saturated heterocycles. The third-order valence-electron chi connectivity index (χ3n) is 6.10. The lowest BCUT2D eigenvalue weighted by Gasteiger charge is -2.32. The van der Waals surface area contributed by atoms with Gasteiger partial charge in [0.1, 0.15) is 0 Å². The van der Waals surface area contributed by atoms with Crippen LogP contribution in [0, 0.1) is 0 Å². The van der Waals surface area contributed by atoms with E-state index in [0.29, 0.717) is 11.8 Å². The first kappa shape index (κ1) is 17.3. The second-order valence-electron chi connectivity index (χ2n) is 7.70. The second-order valence-corrected chi connectivity index (χ2v) is 7.70. The fourth-order valence-corrected chi connectivity index (χ4v) is 4.59. The first-order valence-electron chi connectivity index (χ1n) is 9.86. The van der Waals surface area contributed by atoms with Crippen LogP contribution in [0.25, 0.3) is 0 Å². The van der Waals surface area contributed by atoms with E-state index in [0.717, 1.165) is 25.2 Å². The summed E-state index contributed by atoms with van der Waals surface area (Å²) in [5.74, 6) is 1.35. The molecule has 136 valence electrons. The molecule has 1 atom stereocenters. The Bertz CT molecular complexity index is 750. The molecule has 1 amide bonds. The Balaban J connectivity index is 1.32. The van der Waals surface area contributed by atoms with Crippen LogP contribution < -0.4 is 4.90 Å². The molecule has 0 aliphatic carbocycles. The topological polar surface area (TPSA) is 23.6 Å². The first-order valence-corrected chi connectivity index (χ1v) is 9.86. The number of carbonyl (C=O) groups is 1. The maximum absolute atomic E-state index is 11.9. The number of rotatable bonds is 4. The molecule has 0 N–H and O–H groups in total. The van der Waals surface area contributed by atoms with Crippen LogP contribution in [0.15, 0.2) is 54.6 Å². The third kappa shape index (κ3) is 3.54. The van der Waals surface area contributed by atoms with Gasteiger partial charge in [0.15, 0.2) is 0 Å². The van der Waals surface area contributed by atoms with Crippen molar-refractivity contribution in [3.05, 3.63) is 65.7 Å². The molecule has 2 heterocycles. The van der Waals surface area contributed by atoms with Crippen LogP contribution in [-0.4, -0.2) is 37.0 Å². The van der Waals surface area contributed by atoms with E-state index in [1.54, 1.807) is 6.92 Å². The monoisotopic (exact) mass is 348 g/mol. The molecule has 2 aromatic carbocycles. The van der Waals surface area contributed by atoms with Crippen molar-refractivity contribution in [2.24, 2.45) is 0 Å². The Morgan fingerprint density at radius 3 is 2.42 bits per heavy atom. The van der Waals surface area contributed by atoms with Gasteiger partial charge in [0.2, 0.25) is 5.91 Å². The molecule has 26 heavy (non-hydrogen) atoms. The third-order valence-corrected chi connectivity index (χ3v) is 6.10. The van der Waals surface area contributed by atoms with E-state index in [9.17, 15) is 4.79 Å². The summed E-state index contributed by atoms with van der Waals surface area (Å²) in [6.07, 6.45) is 3.65. The predicted molar refractivity (Wildman–Crippen MR) is 107 cm³/mol. The number of benzene rings is 2. The molecular formula is C23H28N2O. The molecule has 2 aromatic rings. The van der Waals surface area contributed by atoms with E-state index in [-0.39, 0.29) is 5.91 Å². The first-order chi connectivity index (χ1) is 12.7. The molecule has 3 heteroatoms. The van der Waals surface area contributed by atoms with Crippen LogP contribution in [0.5, 0.6) is 0 Å². The van der Waals surface area contributed by atoms with Crippen LogP contribution in [-0.2, 0) is 4.79 Å². The predicted octanol–water partition coefficient (Wildman–Crippen LogP) is 4.41. The summed E-state index contributed by atoms with van der Waals surface area (Å²) in [4.78, 5) is 16.5. The molecule has 0 bridgehead atoms. The normalized spacial score (nSPS) is 21.0. The highest BCUT2D eigenvalue weighted by Gasteiger charge is 2.31. The van der Waals surface area contributed by atoms with E-state index in [1.165, 1.54) is 37.1 Å². The largest absolute Gasteiger partial charge is 0.312 e. The molecule has 1 fully saturated rings. The molecule has 2 aliphatic rings. The highest BCUT2D eigenvalue weighted by molar-refractivity contribution is 5.94. The van der Waals surface area contributed by atoms with Crippen molar-refractivity contribution < 1.29 is 4.79 Å². The zero-order chi connectivity index (χ0) is 17.9. The fraction of sp³-hybridized carbons (Fsp3) is 0.435. The summed E-state index contributed by atoms with van der Waals surface area (Å²) in [6.45, 7) is 6.02. The number of anilines is 1. The Kier molecular flexibility index (Phi) is 5.07. The van der Waals surface area contributed by atoms with Crippen molar-refractivity contribution in [3.8, 4) is 0 Å². The summed E-state index contributed by atoms with van der Waals surface area (Å²) in [5, 5.41) is 0. The summed E-state index contributed by atoms with van der Waals surface area (Å²) < 4.78 is 0. The number of likely N-dealkylation sites (tertiary alicyclic amines) is 1. The number of para-hydroxylation sites is 1. The standard InChI is InChI=1S/C23H28N2O/c1-18(26)25-17-21(22-9-5-6-10-23(22)25)13-16-24-14-11-20(12-15-24)19-7-3-2-4-8-19/h2-10,20-21H,11-17H2,1H3. The van der Waals surface area contributed by atoms with Gasteiger partial charge in [0.25, 0.3) is 0 Å². The zero-order valence-electron chi connectivity index (χ0n) is 15.6. The van der Waals surface area contributed by atoms with Crippen molar-refractivity contribution in [1.82, 2.24) is 4.90 Å². The highest BCUT2D eigenvalue weighted by Crippen LogP contribution is 2.38. The second kappa shape index (κ2) is 7.63. The molecule has 1 unspecified atom stereocenters. The number of carbonyl (C=O) groups excluding carboxylic acids is 1. The molecule has 3 nitrogen and oxygen atoms in total. The summed E-state index contributed by atoms with van der Waals surface area (Å²) in [7, 11) is 0. The van der Waals surface area contributed by atoms with Crippen molar-refractivity contribution in [1.29, 1.82) is 0 Å². The van der Waals surface area contributed by atoms with Crippen LogP contribution >= 0.6 is 0 Å². The minimum Gasteiger partial charge on any atom is -0.312 e. The van der Waals surface area contributed by atoms with Crippen LogP contribution in [0.2, 0.25) is 0 Å². The molecule has 4 rings (SSSR count). The van der Waals surface area contributed by atoms with Gasteiger partial charge >= 0.3 is 0 Å². The van der Waals surface area contributed by atoms with Gasteiger partial charge in [-0.3, -0.25) is 4.79 Å². The lowest BCUT2D eigenvalue weighted by Crippen LogP contribution is -2.35. The van der Waals surface area contributed by atoms with E-state index >= 15 is 0 Å². The van der Waals surface area contributed by atoms with Gasteiger partial charge in [-0.2, -0.15) is 0 Å². The van der Waals surface area contributed by atoms with E-state index < -0.39 is 0 Å². The SMILES string of the molecule is CC(=O)N1CC(CCN2CCC(c3ccccc3)CC2)c2ccccc21. The van der Waals surface area contributed by atoms with Gasteiger partial charge in [-0.1, -0.05) is 48.5 Å². The minimum absolute atomic E-state index is 0.156. The molecular weight excluding hydrogens is 320 g/mol. The van der Waals surface area contributed by atoms with Crippen molar-refractivity contribution in [2.45, 2.75) is 38.0 Å². The van der Waals surface area contributed by atoms with E-state index in [1.807, 2.05) is 11.0 Å². The average Bonchev–Trinajstić information content (AvgIpc) is 3.07. The lowest BCUT2D eigenvalue weighted by atomic mass is 9.89. The number of nitrogens with zero attached hydrogens (tertiary/aromatic N) is 2. The molecule has 0 aromatic heterocycles. The Labute approximate surface area is 156 Å². The van der Waals surface area contributed by atoms with Crippen LogP contribution in [0.4, 0.5) is 5.69 Å². The minimum atomic E-state index is 0.156. The average molecular weight is 348 g/mol. The Morgan fingerprint density at radius 2 is 1.69 bits per heavy atom. The number of hydrogen-bond acceptors (Lipinski definition) is 2. The van der Waals surface area contributed by atoms with Crippen molar-refractivity contribution in [2.75, 3.05) is 31.1 Å². The van der Waals surface area contributed by atoms with E-state index in [2.05, 4.69) is 53.4 Å². The Morgan fingerprint density at radius 1 is 1.00 bits per heavy atom. The maximum atomic E-state index is 11.9. The molecule has 0 radical (unpaired) electrons. The Hall–Kier alpha value is -2.13. The number of piperidine rings is 1. The fourth-order valence-electron chi connectivity index (χ4n) is 4.59. The highest BCUT2D eigenvalue weighted by atomic mass is 16.2. The maximum Gasteiger partial charge on any atom is 0.223 e. The van der Waals surface area contributed by atoms with Gasteiger partial charge < -0.3 is 9.80 Å².